The largest absolute Gasteiger partial charge is 0.484 e. The molecule has 0 radical (unpaired) electrons. The number of benzene rings is 1. The quantitative estimate of drug-likeness (QED) is 0.799. The molecule has 0 spiro atoms. The second-order valence-corrected chi connectivity index (χ2v) is 5.87. The Hall–Kier alpha value is -2.21. The smallest absolute Gasteiger partial charge is 0.410 e. The maximum atomic E-state index is 11.9. The fraction of sp³-hybridized carbons (Fsp3) is 0.412. The molecule has 0 aromatic heterocycles. The maximum Gasteiger partial charge on any atom is 0.410 e. The van der Waals surface area contributed by atoms with Gasteiger partial charge in [0, 0.05) is 24.2 Å². The molecule has 0 aliphatic carbocycles. The maximum absolute atomic E-state index is 11.9. The molecular formula is C17H21ClN2O4. The molecule has 130 valence electrons. The summed E-state index contributed by atoms with van der Waals surface area (Å²) in [6.45, 7) is 4.77. The summed E-state index contributed by atoms with van der Waals surface area (Å²) in [6.07, 6.45) is 2.57. The lowest BCUT2D eigenvalue weighted by Crippen LogP contribution is -2.47. The summed E-state index contributed by atoms with van der Waals surface area (Å²) in [6, 6.07) is 6.87. The van der Waals surface area contributed by atoms with E-state index in [0.717, 1.165) is 0 Å². The molecule has 1 heterocycles. The number of nitrogens with zero attached hydrogens (tertiary/aromatic N) is 1. The molecule has 24 heavy (non-hydrogen) atoms. The SMILES string of the molecule is C=CCOC(=O)N1CCC(NC(=O)COc2ccc(Cl)cc2)CC1. The van der Waals surface area contributed by atoms with Gasteiger partial charge in [-0.2, -0.15) is 0 Å². The number of hydrogen-bond donors (Lipinski definition) is 1. The Balaban J connectivity index is 1.67. The van der Waals surface area contributed by atoms with Gasteiger partial charge in [0.15, 0.2) is 6.61 Å². The van der Waals surface area contributed by atoms with Gasteiger partial charge in [0.2, 0.25) is 0 Å². The molecule has 1 aromatic carbocycles. The highest BCUT2D eigenvalue weighted by Gasteiger charge is 2.24. The summed E-state index contributed by atoms with van der Waals surface area (Å²) in [5.74, 6) is 0.409. The highest BCUT2D eigenvalue weighted by Crippen LogP contribution is 2.15. The van der Waals surface area contributed by atoms with E-state index in [2.05, 4.69) is 11.9 Å². The van der Waals surface area contributed by atoms with Crippen LogP contribution in [0.25, 0.3) is 0 Å². The van der Waals surface area contributed by atoms with Gasteiger partial charge in [0.05, 0.1) is 0 Å². The molecule has 7 heteroatoms. The molecule has 1 N–H and O–H groups in total. The van der Waals surface area contributed by atoms with E-state index < -0.39 is 0 Å². The molecule has 1 aromatic rings. The van der Waals surface area contributed by atoms with Crippen molar-refractivity contribution in [3.8, 4) is 5.75 Å². The number of piperidine rings is 1. The van der Waals surface area contributed by atoms with Gasteiger partial charge in [-0.05, 0) is 37.1 Å². The van der Waals surface area contributed by atoms with Gasteiger partial charge in [-0.3, -0.25) is 4.79 Å². The monoisotopic (exact) mass is 352 g/mol. The zero-order valence-corrected chi connectivity index (χ0v) is 14.1. The fourth-order valence-corrected chi connectivity index (χ4v) is 2.50. The van der Waals surface area contributed by atoms with Crippen molar-refractivity contribution < 1.29 is 19.1 Å². The number of hydrogen-bond acceptors (Lipinski definition) is 4. The van der Waals surface area contributed by atoms with Crippen molar-refractivity contribution in [3.05, 3.63) is 41.9 Å². The molecule has 1 aliphatic rings. The summed E-state index contributed by atoms with van der Waals surface area (Å²) in [7, 11) is 0. The third kappa shape index (κ3) is 5.77. The van der Waals surface area contributed by atoms with Gasteiger partial charge in [-0.1, -0.05) is 24.3 Å². The number of halogens is 1. The molecule has 0 atom stereocenters. The van der Waals surface area contributed by atoms with Crippen molar-refractivity contribution in [1.82, 2.24) is 10.2 Å². The predicted octanol–water partition coefficient (Wildman–Crippen LogP) is 2.62. The Bertz CT molecular complexity index is 568. The van der Waals surface area contributed by atoms with Crippen LogP contribution in [0, 0.1) is 0 Å². The van der Waals surface area contributed by atoms with Crippen molar-refractivity contribution in [1.29, 1.82) is 0 Å². The Labute approximate surface area is 146 Å². The Morgan fingerprint density at radius 3 is 2.58 bits per heavy atom. The van der Waals surface area contributed by atoms with Crippen molar-refractivity contribution in [2.24, 2.45) is 0 Å². The molecule has 2 rings (SSSR count). The van der Waals surface area contributed by atoms with Gasteiger partial charge in [0.1, 0.15) is 12.4 Å². The number of likely N-dealkylation sites (tertiary alicyclic amines) is 1. The van der Waals surface area contributed by atoms with Crippen LogP contribution < -0.4 is 10.1 Å². The van der Waals surface area contributed by atoms with E-state index in [-0.39, 0.29) is 31.3 Å². The summed E-state index contributed by atoms with van der Waals surface area (Å²) in [4.78, 5) is 25.3. The summed E-state index contributed by atoms with van der Waals surface area (Å²) in [5.41, 5.74) is 0. The van der Waals surface area contributed by atoms with Crippen LogP contribution in [-0.4, -0.2) is 49.2 Å². The van der Waals surface area contributed by atoms with Gasteiger partial charge in [-0.25, -0.2) is 4.79 Å². The van der Waals surface area contributed by atoms with Gasteiger partial charge in [-0.15, -0.1) is 0 Å². The summed E-state index contributed by atoms with van der Waals surface area (Å²) < 4.78 is 10.4. The normalized spacial score (nSPS) is 14.8. The molecule has 0 unspecified atom stereocenters. The van der Waals surface area contributed by atoms with E-state index in [1.807, 2.05) is 0 Å². The minimum absolute atomic E-state index is 0.0368. The van der Waals surface area contributed by atoms with E-state index in [0.29, 0.717) is 36.7 Å². The first kappa shape index (κ1) is 18.1. The second-order valence-electron chi connectivity index (χ2n) is 5.44. The Morgan fingerprint density at radius 1 is 1.29 bits per heavy atom. The number of carbonyl (C=O) groups excluding carboxylic acids is 2. The van der Waals surface area contributed by atoms with Crippen molar-refractivity contribution in [3.63, 3.8) is 0 Å². The third-order valence-electron chi connectivity index (χ3n) is 3.63. The van der Waals surface area contributed by atoms with E-state index in [1.54, 1.807) is 29.2 Å². The van der Waals surface area contributed by atoms with Crippen LogP contribution in [0.2, 0.25) is 5.02 Å². The van der Waals surface area contributed by atoms with Crippen LogP contribution in [-0.2, 0) is 9.53 Å². The van der Waals surface area contributed by atoms with E-state index in [4.69, 9.17) is 21.1 Å². The summed E-state index contributed by atoms with van der Waals surface area (Å²) in [5, 5.41) is 3.53. The molecule has 1 aliphatic heterocycles. The minimum atomic E-state index is -0.342. The van der Waals surface area contributed by atoms with Crippen LogP contribution >= 0.6 is 11.6 Å². The van der Waals surface area contributed by atoms with Crippen LogP contribution in [0.3, 0.4) is 0 Å². The predicted molar refractivity (Wildman–Crippen MR) is 91.2 cm³/mol. The Kier molecular flexibility index (Phi) is 6.93. The lowest BCUT2D eigenvalue weighted by atomic mass is 10.1. The number of amides is 2. The van der Waals surface area contributed by atoms with Crippen LogP contribution in [0.1, 0.15) is 12.8 Å². The van der Waals surface area contributed by atoms with Crippen molar-refractivity contribution in [2.45, 2.75) is 18.9 Å². The van der Waals surface area contributed by atoms with Crippen molar-refractivity contribution >= 4 is 23.6 Å². The number of ether oxygens (including phenoxy) is 2. The number of nitrogens with one attached hydrogen (secondary N) is 1. The Morgan fingerprint density at radius 2 is 1.96 bits per heavy atom. The van der Waals surface area contributed by atoms with Gasteiger partial charge < -0.3 is 19.7 Å². The molecule has 0 bridgehead atoms. The average molecular weight is 353 g/mol. The van der Waals surface area contributed by atoms with Crippen LogP contribution in [0.5, 0.6) is 5.75 Å². The molecule has 6 nitrogen and oxygen atoms in total. The van der Waals surface area contributed by atoms with E-state index in [1.165, 1.54) is 6.08 Å². The molecule has 1 fully saturated rings. The topological polar surface area (TPSA) is 67.9 Å². The lowest BCUT2D eigenvalue weighted by Gasteiger charge is -2.31. The van der Waals surface area contributed by atoms with E-state index >= 15 is 0 Å². The molecule has 2 amide bonds. The summed E-state index contributed by atoms with van der Waals surface area (Å²) >= 11 is 5.79. The molecule has 0 saturated carbocycles. The third-order valence-corrected chi connectivity index (χ3v) is 3.88. The van der Waals surface area contributed by atoms with Gasteiger partial charge >= 0.3 is 6.09 Å². The zero-order valence-electron chi connectivity index (χ0n) is 13.4. The minimum Gasteiger partial charge on any atom is -0.484 e. The second kappa shape index (κ2) is 9.17. The van der Waals surface area contributed by atoms with Gasteiger partial charge in [0.25, 0.3) is 5.91 Å². The van der Waals surface area contributed by atoms with Crippen LogP contribution in [0.4, 0.5) is 4.79 Å². The number of carbonyl (C=O) groups is 2. The standard InChI is InChI=1S/C17H21ClN2O4/c1-2-11-23-17(22)20-9-7-14(8-10-20)19-16(21)12-24-15-5-3-13(18)4-6-15/h2-6,14H,1,7-12H2,(H,19,21). The highest BCUT2D eigenvalue weighted by molar-refractivity contribution is 6.30. The fourth-order valence-electron chi connectivity index (χ4n) is 2.38. The molecule has 1 saturated heterocycles. The zero-order chi connectivity index (χ0) is 17.4. The first-order valence-corrected chi connectivity index (χ1v) is 8.16. The van der Waals surface area contributed by atoms with E-state index in [9.17, 15) is 9.59 Å². The lowest BCUT2D eigenvalue weighted by molar-refractivity contribution is -0.124. The first-order valence-electron chi connectivity index (χ1n) is 7.79. The highest BCUT2D eigenvalue weighted by atomic mass is 35.5. The molecular weight excluding hydrogens is 332 g/mol. The average Bonchev–Trinajstić information content (AvgIpc) is 2.60. The number of rotatable bonds is 6. The van der Waals surface area contributed by atoms with Crippen LogP contribution in [0.15, 0.2) is 36.9 Å². The van der Waals surface area contributed by atoms with Crippen molar-refractivity contribution in [2.75, 3.05) is 26.3 Å². The first-order chi connectivity index (χ1) is 11.6.